The minimum Gasteiger partial charge on any atom is -0.380 e. The summed E-state index contributed by atoms with van der Waals surface area (Å²) in [5.41, 5.74) is 3.49. The molecule has 2 aromatic carbocycles. The van der Waals surface area contributed by atoms with E-state index in [0.29, 0.717) is 5.02 Å². The van der Waals surface area contributed by atoms with E-state index in [1.807, 2.05) is 0 Å². The molecule has 1 nitrogen and oxygen atoms in total. The minimum atomic E-state index is -0.311. The van der Waals surface area contributed by atoms with Crippen LogP contribution < -0.4 is 5.32 Å². The average Bonchev–Trinajstić information content (AvgIpc) is 3.22. The number of hydrogen-bond donors (Lipinski definition) is 1. The maximum absolute atomic E-state index is 13.0. The normalized spacial score (nSPS) is 14.4. The Bertz CT molecular complexity index is 593. The van der Waals surface area contributed by atoms with Gasteiger partial charge in [0.25, 0.3) is 0 Å². The van der Waals surface area contributed by atoms with E-state index in [1.165, 1.54) is 36.1 Å². The van der Waals surface area contributed by atoms with E-state index < -0.39 is 0 Å². The van der Waals surface area contributed by atoms with Gasteiger partial charge in [-0.3, -0.25) is 0 Å². The van der Waals surface area contributed by atoms with E-state index in [-0.39, 0.29) is 5.82 Å². The molecule has 0 spiro atoms. The number of benzene rings is 2. The zero-order valence-corrected chi connectivity index (χ0v) is 11.3. The van der Waals surface area contributed by atoms with Crippen LogP contribution in [0.4, 0.5) is 10.1 Å². The van der Waals surface area contributed by atoms with Crippen LogP contribution in [0, 0.1) is 5.82 Å². The van der Waals surface area contributed by atoms with Crippen LogP contribution in [0.15, 0.2) is 42.5 Å². The number of nitrogens with one attached hydrogen (secondary N) is 1. The van der Waals surface area contributed by atoms with E-state index >= 15 is 0 Å². The molecule has 0 saturated heterocycles. The molecule has 0 aliphatic heterocycles. The molecule has 1 fully saturated rings. The van der Waals surface area contributed by atoms with Crippen molar-refractivity contribution in [2.75, 3.05) is 5.32 Å². The molecular weight excluding hydrogens is 261 g/mol. The largest absolute Gasteiger partial charge is 0.380 e. The predicted octanol–water partition coefficient (Wildman–Crippen LogP) is 4.97. The summed E-state index contributed by atoms with van der Waals surface area (Å²) in [7, 11) is 0. The molecule has 2 aromatic rings. The van der Waals surface area contributed by atoms with Gasteiger partial charge in [-0.05, 0) is 48.1 Å². The Labute approximate surface area is 117 Å². The zero-order valence-electron chi connectivity index (χ0n) is 10.5. The first-order valence-electron chi connectivity index (χ1n) is 6.51. The first-order valence-corrected chi connectivity index (χ1v) is 6.88. The summed E-state index contributed by atoms with van der Waals surface area (Å²) in [6.45, 7) is 0.720. The third-order valence-corrected chi connectivity index (χ3v) is 3.79. The van der Waals surface area contributed by atoms with Gasteiger partial charge in [0.1, 0.15) is 5.82 Å². The Hall–Kier alpha value is -1.54. The van der Waals surface area contributed by atoms with Gasteiger partial charge in [0, 0.05) is 6.54 Å². The third-order valence-electron chi connectivity index (χ3n) is 3.47. The van der Waals surface area contributed by atoms with E-state index in [0.717, 1.165) is 18.2 Å². The van der Waals surface area contributed by atoms with Gasteiger partial charge in [-0.1, -0.05) is 35.9 Å². The fourth-order valence-corrected chi connectivity index (χ4v) is 2.55. The summed E-state index contributed by atoms with van der Waals surface area (Å²) in [6, 6.07) is 12.9. The van der Waals surface area contributed by atoms with Crippen molar-refractivity contribution in [3.63, 3.8) is 0 Å². The van der Waals surface area contributed by atoms with Gasteiger partial charge in [0.15, 0.2) is 0 Å². The Morgan fingerprint density at radius 2 is 1.95 bits per heavy atom. The molecule has 0 bridgehead atoms. The maximum atomic E-state index is 13.0. The summed E-state index contributed by atoms with van der Waals surface area (Å²) < 4.78 is 13.0. The Balaban J connectivity index is 1.75. The van der Waals surface area contributed by atoms with Gasteiger partial charge < -0.3 is 5.32 Å². The lowest BCUT2D eigenvalue weighted by molar-refractivity contribution is 0.628. The Kier molecular flexibility index (Phi) is 3.43. The second-order valence-corrected chi connectivity index (χ2v) is 5.36. The van der Waals surface area contributed by atoms with Crippen molar-refractivity contribution in [1.82, 2.24) is 0 Å². The molecule has 0 unspecified atom stereocenters. The highest BCUT2D eigenvalue weighted by molar-refractivity contribution is 6.33. The van der Waals surface area contributed by atoms with Gasteiger partial charge >= 0.3 is 0 Å². The molecule has 0 heterocycles. The van der Waals surface area contributed by atoms with Gasteiger partial charge in [-0.25, -0.2) is 4.39 Å². The van der Waals surface area contributed by atoms with Crippen LogP contribution in [0.5, 0.6) is 0 Å². The highest BCUT2D eigenvalue weighted by atomic mass is 35.5. The van der Waals surface area contributed by atoms with Crippen LogP contribution in [0.1, 0.15) is 29.9 Å². The van der Waals surface area contributed by atoms with Crippen molar-refractivity contribution in [2.24, 2.45) is 0 Å². The molecule has 1 saturated carbocycles. The summed E-state index contributed by atoms with van der Waals surface area (Å²) in [5.74, 6) is 0.413. The van der Waals surface area contributed by atoms with Crippen molar-refractivity contribution in [2.45, 2.75) is 25.3 Å². The number of halogens is 2. The van der Waals surface area contributed by atoms with Crippen LogP contribution in [-0.2, 0) is 6.54 Å². The highest BCUT2D eigenvalue weighted by Crippen LogP contribution is 2.41. The minimum absolute atomic E-state index is 0.311. The standard InChI is InChI=1S/C16H15ClFN/c17-15-9-13(18)7-8-16(15)19-10-12-3-1-2-4-14(12)11-5-6-11/h1-4,7-9,11,19H,5-6,10H2. The predicted molar refractivity (Wildman–Crippen MR) is 77.2 cm³/mol. The lowest BCUT2D eigenvalue weighted by atomic mass is 10.0. The van der Waals surface area contributed by atoms with Crippen molar-refractivity contribution in [3.8, 4) is 0 Å². The summed E-state index contributed by atoms with van der Waals surface area (Å²) in [5, 5.41) is 3.70. The molecule has 1 N–H and O–H groups in total. The molecule has 1 aliphatic rings. The first kappa shape index (κ1) is 12.5. The van der Waals surface area contributed by atoms with Crippen molar-refractivity contribution < 1.29 is 4.39 Å². The molecule has 0 radical (unpaired) electrons. The lowest BCUT2D eigenvalue weighted by Gasteiger charge is -2.12. The van der Waals surface area contributed by atoms with E-state index in [4.69, 9.17) is 11.6 Å². The average molecular weight is 276 g/mol. The number of hydrogen-bond acceptors (Lipinski definition) is 1. The highest BCUT2D eigenvalue weighted by Gasteiger charge is 2.25. The SMILES string of the molecule is Fc1ccc(NCc2ccccc2C2CC2)c(Cl)c1. The molecular formula is C16H15ClFN. The lowest BCUT2D eigenvalue weighted by Crippen LogP contribution is -2.03. The number of rotatable bonds is 4. The second-order valence-electron chi connectivity index (χ2n) is 4.95. The fourth-order valence-electron chi connectivity index (χ4n) is 2.31. The smallest absolute Gasteiger partial charge is 0.124 e. The van der Waals surface area contributed by atoms with E-state index in [1.54, 1.807) is 6.07 Å². The molecule has 0 atom stereocenters. The van der Waals surface area contributed by atoms with Gasteiger partial charge in [-0.15, -0.1) is 0 Å². The van der Waals surface area contributed by atoms with Crippen LogP contribution >= 0.6 is 11.6 Å². The summed E-state index contributed by atoms with van der Waals surface area (Å²) >= 11 is 6.01. The Morgan fingerprint density at radius 1 is 1.16 bits per heavy atom. The summed E-state index contributed by atoms with van der Waals surface area (Å²) in [4.78, 5) is 0. The second kappa shape index (κ2) is 5.22. The fraction of sp³-hybridized carbons (Fsp3) is 0.250. The van der Waals surface area contributed by atoms with Crippen LogP contribution in [-0.4, -0.2) is 0 Å². The summed E-state index contributed by atoms with van der Waals surface area (Å²) in [6.07, 6.45) is 2.57. The molecule has 98 valence electrons. The van der Waals surface area contributed by atoms with Crippen LogP contribution in [0.3, 0.4) is 0 Å². The zero-order chi connectivity index (χ0) is 13.2. The monoisotopic (exact) mass is 275 g/mol. The van der Waals surface area contributed by atoms with Gasteiger partial charge in [0.2, 0.25) is 0 Å². The van der Waals surface area contributed by atoms with Crippen LogP contribution in [0.2, 0.25) is 5.02 Å². The molecule has 3 heteroatoms. The van der Waals surface area contributed by atoms with E-state index in [9.17, 15) is 4.39 Å². The Morgan fingerprint density at radius 3 is 2.68 bits per heavy atom. The number of anilines is 1. The molecule has 1 aliphatic carbocycles. The molecule has 0 aromatic heterocycles. The molecule has 19 heavy (non-hydrogen) atoms. The van der Waals surface area contributed by atoms with Gasteiger partial charge in [-0.2, -0.15) is 0 Å². The molecule has 3 rings (SSSR count). The molecule has 0 amide bonds. The third kappa shape index (κ3) is 2.90. The van der Waals surface area contributed by atoms with Crippen molar-refractivity contribution in [1.29, 1.82) is 0 Å². The van der Waals surface area contributed by atoms with Crippen molar-refractivity contribution in [3.05, 3.63) is 64.4 Å². The van der Waals surface area contributed by atoms with Gasteiger partial charge in [0.05, 0.1) is 10.7 Å². The quantitative estimate of drug-likeness (QED) is 0.831. The first-order chi connectivity index (χ1) is 9.24. The van der Waals surface area contributed by atoms with Crippen molar-refractivity contribution >= 4 is 17.3 Å². The van der Waals surface area contributed by atoms with Crippen LogP contribution in [0.25, 0.3) is 0 Å². The topological polar surface area (TPSA) is 12.0 Å². The van der Waals surface area contributed by atoms with E-state index in [2.05, 4.69) is 29.6 Å². The maximum Gasteiger partial charge on any atom is 0.124 e.